The Morgan fingerprint density at radius 2 is 1.71 bits per heavy atom. The molecule has 0 radical (unpaired) electrons. The Bertz CT molecular complexity index is 1160. The number of piperidine rings is 1. The lowest BCUT2D eigenvalue weighted by atomic mass is 10.0. The summed E-state index contributed by atoms with van der Waals surface area (Å²) in [6.07, 6.45) is 1.28. The summed E-state index contributed by atoms with van der Waals surface area (Å²) in [5.41, 5.74) is 0.159. The predicted molar refractivity (Wildman–Crippen MR) is 120 cm³/mol. The van der Waals surface area contributed by atoms with Crippen molar-refractivity contribution in [3.8, 4) is 0 Å². The molecule has 1 fully saturated rings. The van der Waals surface area contributed by atoms with Gasteiger partial charge in [0, 0.05) is 49.0 Å². The summed E-state index contributed by atoms with van der Waals surface area (Å²) < 4.78 is 39.0. The van der Waals surface area contributed by atoms with Crippen LogP contribution >= 0.6 is 0 Å². The second-order valence-electron chi connectivity index (χ2n) is 7.88. The lowest BCUT2D eigenvalue weighted by Gasteiger charge is -2.32. The number of likely N-dealkylation sites (tertiary alicyclic amines) is 1. The fourth-order valence-electron chi connectivity index (χ4n) is 3.77. The first-order chi connectivity index (χ1) is 16.3. The van der Waals surface area contributed by atoms with E-state index in [1.54, 1.807) is 41.6 Å². The molecule has 4 rings (SSSR count). The molecule has 1 saturated heterocycles. The maximum atomic E-state index is 13.0. The van der Waals surface area contributed by atoms with Gasteiger partial charge in [0.25, 0.3) is 11.8 Å². The van der Waals surface area contributed by atoms with Gasteiger partial charge in [0.05, 0.1) is 11.1 Å². The van der Waals surface area contributed by atoms with Crippen LogP contribution < -0.4 is 10.6 Å². The molecule has 10 heteroatoms. The van der Waals surface area contributed by atoms with Gasteiger partial charge in [0.1, 0.15) is 5.82 Å². The van der Waals surface area contributed by atoms with Crippen LogP contribution in [0.3, 0.4) is 0 Å². The highest BCUT2D eigenvalue weighted by Gasteiger charge is 2.30. The zero-order valence-electron chi connectivity index (χ0n) is 18.0. The fourth-order valence-corrected chi connectivity index (χ4v) is 3.77. The molecule has 0 spiro atoms. The van der Waals surface area contributed by atoms with Gasteiger partial charge in [0.2, 0.25) is 0 Å². The van der Waals surface area contributed by atoms with Crippen LogP contribution in [0.25, 0.3) is 0 Å². The van der Waals surface area contributed by atoms with Gasteiger partial charge in [0.15, 0.2) is 0 Å². The van der Waals surface area contributed by atoms with Crippen molar-refractivity contribution in [2.24, 2.45) is 0 Å². The van der Waals surface area contributed by atoms with Gasteiger partial charge < -0.3 is 15.5 Å². The number of nitrogens with one attached hydrogen (secondary N) is 2. The Labute approximate surface area is 194 Å². The van der Waals surface area contributed by atoms with Crippen molar-refractivity contribution in [1.29, 1.82) is 0 Å². The topological polar surface area (TPSA) is 87.2 Å². The molecule has 176 valence electrons. The molecule has 1 aromatic carbocycles. The summed E-state index contributed by atoms with van der Waals surface area (Å²) in [5, 5.41) is 5.76. The van der Waals surface area contributed by atoms with Crippen LogP contribution in [0, 0.1) is 0 Å². The Morgan fingerprint density at radius 1 is 0.971 bits per heavy atom. The quantitative estimate of drug-likeness (QED) is 0.583. The molecule has 3 heterocycles. The van der Waals surface area contributed by atoms with Gasteiger partial charge in [-0.15, -0.1) is 0 Å². The van der Waals surface area contributed by atoms with Crippen molar-refractivity contribution in [2.75, 3.05) is 18.4 Å². The summed E-state index contributed by atoms with van der Waals surface area (Å²) >= 11 is 0. The molecule has 2 N–H and O–H groups in total. The van der Waals surface area contributed by atoms with Crippen LogP contribution in [0.1, 0.15) is 39.1 Å². The molecule has 0 bridgehead atoms. The van der Waals surface area contributed by atoms with E-state index in [0.717, 1.165) is 12.1 Å². The van der Waals surface area contributed by atoms with Crippen LogP contribution in [0.5, 0.6) is 0 Å². The zero-order chi connectivity index (χ0) is 24.1. The molecule has 34 heavy (non-hydrogen) atoms. The minimum absolute atomic E-state index is 0.0768. The van der Waals surface area contributed by atoms with E-state index in [2.05, 4.69) is 20.6 Å². The first-order valence-corrected chi connectivity index (χ1v) is 10.7. The third-order valence-corrected chi connectivity index (χ3v) is 5.55. The van der Waals surface area contributed by atoms with Crippen molar-refractivity contribution in [3.05, 3.63) is 83.8 Å². The first kappa shape index (κ1) is 23.2. The van der Waals surface area contributed by atoms with Gasteiger partial charge in [-0.2, -0.15) is 13.2 Å². The number of anilines is 2. The average Bonchev–Trinajstić information content (AvgIpc) is 2.84. The van der Waals surface area contributed by atoms with Gasteiger partial charge in [-0.1, -0.05) is 6.07 Å². The SMILES string of the molecule is O=C(NC1CCN(C(=O)c2ccncc2)CC1)c1cccnc1Nc1cccc(C(F)(F)F)c1. The lowest BCUT2D eigenvalue weighted by Crippen LogP contribution is -2.46. The normalized spacial score (nSPS) is 14.5. The van der Waals surface area contributed by atoms with E-state index in [1.807, 2.05) is 0 Å². The highest BCUT2D eigenvalue weighted by atomic mass is 19.4. The number of nitrogens with zero attached hydrogens (tertiary/aromatic N) is 3. The smallest absolute Gasteiger partial charge is 0.349 e. The lowest BCUT2D eigenvalue weighted by molar-refractivity contribution is -0.137. The van der Waals surface area contributed by atoms with E-state index in [9.17, 15) is 22.8 Å². The average molecular weight is 469 g/mol. The largest absolute Gasteiger partial charge is 0.416 e. The van der Waals surface area contributed by atoms with Crippen LogP contribution in [0.4, 0.5) is 24.7 Å². The van der Waals surface area contributed by atoms with E-state index in [4.69, 9.17) is 0 Å². The number of rotatable bonds is 5. The summed E-state index contributed by atoms with van der Waals surface area (Å²) in [6.45, 7) is 0.989. The maximum Gasteiger partial charge on any atom is 0.416 e. The van der Waals surface area contributed by atoms with E-state index in [-0.39, 0.29) is 34.9 Å². The van der Waals surface area contributed by atoms with Crippen LogP contribution in [-0.4, -0.2) is 45.8 Å². The molecule has 1 aliphatic heterocycles. The van der Waals surface area contributed by atoms with Crippen molar-refractivity contribution in [3.63, 3.8) is 0 Å². The molecule has 3 aromatic rings. The van der Waals surface area contributed by atoms with E-state index in [0.29, 0.717) is 31.5 Å². The minimum Gasteiger partial charge on any atom is -0.349 e. The number of aromatic nitrogens is 2. The minimum atomic E-state index is -4.48. The highest BCUT2D eigenvalue weighted by Crippen LogP contribution is 2.31. The molecule has 7 nitrogen and oxygen atoms in total. The van der Waals surface area contributed by atoms with Crippen molar-refractivity contribution in [2.45, 2.75) is 25.1 Å². The third-order valence-electron chi connectivity index (χ3n) is 5.55. The Balaban J connectivity index is 1.39. The van der Waals surface area contributed by atoms with Crippen LogP contribution in [0.15, 0.2) is 67.1 Å². The molecule has 1 aliphatic rings. The zero-order valence-corrected chi connectivity index (χ0v) is 18.0. The first-order valence-electron chi connectivity index (χ1n) is 10.7. The van der Waals surface area contributed by atoms with Gasteiger partial charge in [-0.25, -0.2) is 4.98 Å². The van der Waals surface area contributed by atoms with Crippen molar-refractivity contribution in [1.82, 2.24) is 20.2 Å². The maximum absolute atomic E-state index is 13.0. The fraction of sp³-hybridized carbons (Fsp3) is 0.250. The Morgan fingerprint density at radius 3 is 2.41 bits per heavy atom. The number of hydrogen-bond donors (Lipinski definition) is 2. The summed E-state index contributed by atoms with van der Waals surface area (Å²) in [7, 11) is 0. The Hall–Kier alpha value is -3.95. The van der Waals surface area contributed by atoms with Crippen LogP contribution in [-0.2, 0) is 6.18 Å². The third kappa shape index (κ3) is 5.51. The molecular formula is C24H22F3N5O2. The van der Waals surface area contributed by atoms with Gasteiger partial charge in [-0.05, 0) is 55.3 Å². The number of hydrogen-bond acceptors (Lipinski definition) is 5. The number of benzene rings is 1. The van der Waals surface area contributed by atoms with E-state index in [1.165, 1.54) is 18.3 Å². The monoisotopic (exact) mass is 469 g/mol. The second kappa shape index (κ2) is 9.90. The van der Waals surface area contributed by atoms with Gasteiger partial charge in [-0.3, -0.25) is 14.6 Å². The second-order valence-corrected chi connectivity index (χ2v) is 7.88. The van der Waals surface area contributed by atoms with Crippen molar-refractivity contribution >= 4 is 23.3 Å². The van der Waals surface area contributed by atoms with E-state index >= 15 is 0 Å². The molecule has 2 amide bonds. The summed E-state index contributed by atoms with van der Waals surface area (Å²) in [4.78, 5) is 35.3. The molecule has 0 aliphatic carbocycles. The summed E-state index contributed by atoms with van der Waals surface area (Å²) in [5.74, 6) is -0.307. The Kier molecular flexibility index (Phi) is 6.76. The van der Waals surface area contributed by atoms with E-state index < -0.39 is 11.7 Å². The summed E-state index contributed by atoms with van der Waals surface area (Å²) in [6, 6.07) is 11.0. The number of amides is 2. The van der Waals surface area contributed by atoms with Gasteiger partial charge >= 0.3 is 6.18 Å². The number of carbonyl (C=O) groups is 2. The molecular weight excluding hydrogens is 447 g/mol. The molecule has 0 unspecified atom stereocenters. The highest BCUT2D eigenvalue weighted by molar-refractivity contribution is 5.99. The number of pyridine rings is 2. The molecule has 0 saturated carbocycles. The molecule has 0 atom stereocenters. The predicted octanol–water partition coefficient (Wildman–Crippen LogP) is 4.27. The van der Waals surface area contributed by atoms with Crippen LogP contribution in [0.2, 0.25) is 0 Å². The molecule has 2 aromatic heterocycles. The standard InChI is InChI=1S/C24H22F3N5O2/c25-24(26,27)17-3-1-4-19(15-17)30-21-20(5-2-10-29-21)22(33)31-18-8-13-32(14-9-18)23(34)16-6-11-28-12-7-16/h1-7,10-12,15,18H,8-9,13-14H2,(H,29,30)(H,31,33). The number of carbonyl (C=O) groups excluding carboxylic acids is 2. The van der Waals surface area contributed by atoms with Crippen molar-refractivity contribution < 1.29 is 22.8 Å². The number of alkyl halides is 3. The number of halogens is 3.